The van der Waals surface area contributed by atoms with Crippen LogP contribution in [-0.2, 0) is 10.0 Å². The molecule has 0 aliphatic carbocycles. The molecule has 1 heterocycles. The molecule has 6 nitrogen and oxygen atoms in total. The van der Waals surface area contributed by atoms with Gasteiger partial charge in [0.15, 0.2) is 0 Å². The molecule has 0 radical (unpaired) electrons. The first-order valence-corrected chi connectivity index (χ1v) is 7.46. The van der Waals surface area contributed by atoms with Gasteiger partial charge in [0.25, 0.3) is 0 Å². The Labute approximate surface area is 112 Å². The Balaban J connectivity index is 2.30. The van der Waals surface area contributed by atoms with Crippen molar-refractivity contribution in [3.63, 3.8) is 0 Å². The molecule has 0 unspecified atom stereocenters. The van der Waals surface area contributed by atoms with E-state index in [9.17, 15) is 13.2 Å². The van der Waals surface area contributed by atoms with Gasteiger partial charge in [-0.05, 0) is 31.7 Å². The van der Waals surface area contributed by atoms with E-state index in [1.165, 1.54) is 28.6 Å². The number of benzene rings is 1. The summed E-state index contributed by atoms with van der Waals surface area (Å²) in [7, 11) is -1.74. The fourth-order valence-corrected chi connectivity index (χ4v) is 3.69. The van der Waals surface area contributed by atoms with Gasteiger partial charge in [-0.25, -0.2) is 8.42 Å². The predicted octanol–water partition coefficient (Wildman–Crippen LogP) is -0.232. The third kappa shape index (κ3) is 2.78. The molecule has 104 valence electrons. The molecule has 1 aliphatic rings. The van der Waals surface area contributed by atoms with Gasteiger partial charge >= 0.3 is 0 Å². The van der Waals surface area contributed by atoms with E-state index in [1.54, 1.807) is 0 Å². The van der Waals surface area contributed by atoms with Crippen LogP contribution in [0.25, 0.3) is 0 Å². The number of rotatable bonds is 4. The van der Waals surface area contributed by atoms with E-state index in [4.69, 9.17) is 5.73 Å². The molecule has 1 amide bonds. The van der Waals surface area contributed by atoms with Gasteiger partial charge in [-0.3, -0.25) is 4.79 Å². The van der Waals surface area contributed by atoms with Crippen molar-refractivity contribution in [2.75, 3.05) is 20.1 Å². The third-order valence-corrected chi connectivity index (χ3v) is 5.18. The van der Waals surface area contributed by atoms with Crippen LogP contribution in [0.2, 0.25) is 0 Å². The van der Waals surface area contributed by atoms with Gasteiger partial charge in [-0.15, -0.1) is 0 Å². The van der Waals surface area contributed by atoms with Gasteiger partial charge in [-0.1, -0.05) is 6.07 Å². The van der Waals surface area contributed by atoms with E-state index in [2.05, 4.69) is 5.32 Å². The maximum atomic E-state index is 12.4. The largest absolute Gasteiger partial charge is 0.366 e. The molecule has 1 aliphatic heterocycles. The summed E-state index contributed by atoms with van der Waals surface area (Å²) < 4.78 is 26.3. The maximum absolute atomic E-state index is 12.4. The molecular weight excluding hydrogens is 266 g/mol. The summed E-state index contributed by atoms with van der Waals surface area (Å²) in [6.07, 6.45) is 0.783. The van der Waals surface area contributed by atoms with Crippen LogP contribution in [0.1, 0.15) is 16.8 Å². The highest BCUT2D eigenvalue weighted by Crippen LogP contribution is 2.21. The normalized spacial score (nSPS) is 20.6. The Morgan fingerprint density at radius 3 is 2.79 bits per heavy atom. The number of nitrogens with one attached hydrogen (secondary N) is 1. The number of hydrogen-bond donors (Lipinski definition) is 2. The SMILES string of the molecule is CN[C@H]1CCN(S(=O)(=O)c2cccc(C(N)=O)c2)C1. The minimum Gasteiger partial charge on any atom is -0.366 e. The van der Waals surface area contributed by atoms with Crippen molar-refractivity contribution in [2.45, 2.75) is 17.4 Å². The highest BCUT2D eigenvalue weighted by Gasteiger charge is 2.31. The van der Waals surface area contributed by atoms with Gasteiger partial charge in [0.1, 0.15) is 0 Å². The highest BCUT2D eigenvalue weighted by atomic mass is 32.2. The van der Waals surface area contributed by atoms with Crippen LogP contribution in [0, 0.1) is 0 Å². The molecule has 1 atom stereocenters. The average molecular weight is 283 g/mol. The third-order valence-electron chi connectivity index (χ3n) is 3.32. The summed E-state index contributed by atoms with van der Waals surface area (Å²) in [6.45, 7) is 0.925. The monoisotopic (exact) mass is 283 g/mol. The summed E-state index contributed by atoms with van der Waals surface area (Å²) in [4.78, 5) is 11.2. The summed E-state index contributed by atoms with van der Waals surface area (Å²) in [5.41, 5.74) is 5.37. The van der Waals surface area contributed by atoms with Crippen molar-refractivity contribution in [1.82, 2.24) is 9.62 Å². The van der Waals surface area contributed by atoms with Gasteiger partial charge in [0.05, 0.1) is 4.90 Å². The molecule has 0 aromatic heterocycles. The number of carbonyl (C=O) groups is 1. The molecule has 1 fully saturated rings. The molecule has 1 saturated heterocycles. The molecule has 0 spiro atoms. The first-order chi connectivity index (χ1) is 8.95. The molecular formula is C12H17N3O3S. The molecule has 19 heavy (non-hydrogen) atoms. The zero-order valence-electron chi connectivity index (χ0n) is 10.7. The Kier molecular flexibility index (Phi) is 3.88. The molecule has 0 saturated carbocycles. The smallest absolute Gasteiger partial charge is 0.248 e. The Morgan fingerprint density at radius 2 is 2.21 bits per heavy atom. The average Bonchev–Trinajstić information content (AvgIpc) is 2.88. The number of sulfonamides is 1. The van der Waals surface area contributed by atoms with E-state index >= 15 is 0 Å². The van der Waals surface area contributed by atoms with Crippen LogP contribution < -0.4 is 11.1 Å². The molecule has 1 aromatic carbocycles. The minimum atomic E-state index is -3.55. The number of carbonyl (C=O) groups excluding carboxylic acids is 1. The fourth-order valence-electron chi connectivity index (χ4n) is 2.14. The standard InChI is InChI=1S/C12H17N3O3S/c1-14-10-5-6-15(8-10)19(17,18)11-4-2-3-9(7-11)12(13)16/h2-4,7,10,14H,5-6,8H2,1H3,(H2,13,16)/t10-/m0/s1. The summed E-state index contributed by atoms with van der Waals surface area (Å²) in [6, 6.07) is 6.01. The second-order valence-electron chi connectivity index (χ2n) is 4.53. The zero-order valence-corrected chi connectivity index (χ0v) is 11.5. The molecule has 1 aromatic rings. The lowest BCUT2D eigenvalue weighted by Gasteiger charge is -2.16. The molecule has 3 N–H and O–H groups in total. The lowest BCUT2D eigenvalue weighted by Crippen LogP contribution is -2.33. The van der Waals surface area contributed by atoms with E-state index in [1.807, 2.05) is 7.05 Å². The van der Waals surface area contributed by atoms with Crippen molar-refractivity contribution in [3.8, 4) is 0 Å². The Hall–Kier alpha value is -1.44. The number of amides is 1. The van der Waals surface area contributed by atoms with Crippen LogP contribution >= 0.6 is 0 Å². The topological polar surface area (TPSA) is 92.5 Å². The van der Waals surface area contributed by atoms with E-state index in [0.29, 0.717) is 13.1 Å². The van der Waals surface area contributed by atoms with Gasteiger partial charge < -0.3 is 11.1 Å². The lowest BCUT2D eigenvalue weighted by atomic mass is 10.2. The summed E-state index contributed by atoms with van der Waals surface area (Å²) >= 11 is 0. The minimum absolute atomic E-state index is 0.112. The predicted molar refractivity (Wildman–Crippen MR) is 71.2 cm³/mol. The zero-order chi connectivity index (χ0) is 14.0. The van der Waals surface area contributed by atoms with Gasteiger partial charge in [-0.2, -0.15) is 4.31 Å². The number of nitrogens with zero attached hydrogens (tertiary/aromatic N) is 1. The van der Waals surface area contributed by atoms with Crippen LogP contribution in [0.3, 0.4) is 0 Å². The molecule has 0 bridgehead atoms. The Bertz CT molecular complexity index is 586. The van der Waals surface area contributed by atoms with E-state index in [-0.39, 0.29) is 16.5 Å². The number of hydrogen-bond acceptors (Lipinski definition) is 4. The maximum Gasteiger partial charge on any atom is 0.248 e. The number of likely N-dealkylation sites (N-methyl/N-ethyl adjacent to an activating group) is 1. The van der Waals surface area contributed by atoms with Crippen LogP contribution in [0.15, 0.2) is 29.2 Å². The lowest BCUT2D eigenvalue weighted by molar-refractivity contribution is 0.1000. The van der Waals surface area contributed by atoms with Crippen LogP contribution in [0.4, 0.5) is 0 Å². The Morgan fingerprint density at radius 1 is 1.47 bits per heavy atom. The van der Waals surface area contributed by atoms with Crippen LogP contribution in [-0.4, -0.2) is 44.8 Å². The fraction of sp³-hybridized carbons (Fsp3) is 0.417. The summed E-state index contributed by atoms with van der Waals surface area (Å²) in [5.74, 6) is -0.633. The van der Waals surface area contributed by atoms with Crippen molar-refractivity contribution in [2.24, 2.45) is 5.73 Å². The second kappa shape index (κ2) is 5.28. The molecule has 7 heteroatoms. The van der Waals surface area contributed by atoms with Gasteiger partial charge in [0, 0.05) is 24.7 Å². The number of nitrogens with two attached hydrogens (primary N) is 1. The van der Waals surface area contributed by atoms with Crippen molar-refractivity contribution in [1.29, 1.82) is 0 Å². The van der Waals surface area contributed by atoms with Crippen molar-refractivity contribution >= 4 is 15.9 Å². The second-order valence-corrected chi connectivity index (χ2v) is 6.47. The molecule has 2 rings (SSSR count). The summed E-state index contributed by atoms with van der Waals surface area (Å²) in [5, 5.41) is 3.07. The highest BCUT2D eigenvalue weighted by molar-refractivity contribution is 7.89. The van der Waals surface area contributed by atoms with Gasteiger partial charge in [0.2, 0.25) is 15.9 Å². The van der Waals surface area contributed by atoms with Crippen molar-refractivity contribution < 1.29 is 13.2 Å². The van der Waals surface area contributed by atoms with Crippen molar-refractivity contribution in [3.05, 3.63) is 29.8 Å². The van der Waals surface area contributed by atoms with Crippen LogP contribution in [0.5, 0.6) is 0 Å². The number of primary amides is 1. The quantitative estimate of drug-likeness (QED) is 0.798. The first kappa shape index (κ1) is 14.0. The first-order valence-electron chi connectivity index (χ1n) is 6.02. The van der Waals surface area contributed by atoms with E-state index < -0.39 is 15.9 Å². The van der Waals surface area contributed by atoms with E-state index in [0.717, 1.165) is 6.42 Å².